The van der Waals surface area contributed by atoms with Gasteiger partial charge in [-0.1, -0.05) is 0 Å². The standard InChI is InChI=1S/C2H5NO.K.H/c1-2-3-4;;/h2,4H,1H3;;/q;+1;-1/b3-2+;;. The van der Waals surface area contributed by atoms with Crippen LogP contribution in [0.15, 0.2) is 5.16 Å². The van der Waals surface area contributed by atoms with E-state index in [0.29, 0.717) is 0 Å². The Labute approximate surface area is 75.2 Å². The minimum atomic E-state index is 0. The van der Waals surface area contributed by atoms with Crippen molar-refractivity contribution in [3.05, 3.63) is 0 Å². The van der Waals surface area contributed by atoms with E-state index in [1.54, 1.807) is 6.92 Å². The molecule has 0 radical (unpaired) electrons. The monoisotopic (exact) mass is 99.0 g/mol. The second-order valence-electron chi connectivity index (χ2n) is 0.374. The van der Waals surface area contributed by atoms with Gasteiger partial charge in [-0.25, -0.2) is 0 Å². The van der Waals surface area contributed by atoms with Crippen molar-refractivity contribution in [3.63, 3.8) is 0 Å². The summed E-state index contributed by atoms with van der Waals surface area (Å²) in [5.74, 6) is 0. The second kappa shape index (κ2) is 8.92. The maximum atomic E-state index is 7.44. The summed E-state index contributed by atoms with van der Waals surface area (Å²) in [7, 11) is 0. The van der Waals surface area contributed by atoms with Crippen molar-refractivity contribution in [2.75, 3.05) is 0 Å². The normalized spacial score (nSPS) is 7.40. The summed E-state index contributed by atoms with van der Waals surface area (Å²) < 4.78 is 0. The van der Waals surface area contributed by atoms with E-state index < -0.39 is 0 Å². The van der Waals surface area contributed by atoms with Gasteiger partial charge >= 0.3 is 51.4 Å². The van der Waals surface area contributed by atoms with Crippen molar-refractivity contribution in [2.45, 2.75) is 6.92 Å². The van der Waals surface area contributed by atoms with E-state index in [9.17, 15) is 0 Å². The van der Waals surface area contributed by atoms with Crippen LogP contribution in [-0.4, -0.2) is 11.4 Å². The number of rotatable bonds is 0. The fourth-order valence-corrected chi connectivity index (χ4v) is 0. The molecule has 0 bridgehead atoms. The molecule has 0 aliphatic rings. The van der Waals surface area contributed by atoms with Crippen LogP contribution in [0.25, 0.3) is 0 Å². The third kappa shape index (κ3) is 11.1. The van der Waals surface area contributed by atoms with Gasteiger partial charge in [0.05, 0.1) is 0 Å². The van der Waals surface area contributed by atoms with E-state index in [4.69, 9.17) is 5.21 Å². The summed E-state index contributed by atoms with van der Waals surface area (Å²) in [4.78, 5) is 0. The molecule has 0 saturated carbocycles. The smallest absolute Gasteiger partial charge is 1.00 e. The van der Waals surface area contributed by atoms with Gasteiger partial charge in [-0.3, -0.25) is 0 Å². The van der Waals surface area contributed by atoms with E-state index in [2.05, 4.69) is 5.16 Å². The maximum Gasteiger partial charge on any atom is 1.00 e. The number of hydrogen-bond acceptors (Lipinski definition) is 2. The Hall–Kier alpha value is 1.11. The molecular weight excluding hydrogens is 93.1 g/mol. The van der Waals surface area contributed by atoms with E-state index in [-0.39, 0.29) is 52.8 Å². The third-order valence-corrected chi connectivity index (χ3v) is 0.115. The summed E-state index contributed by atoms with van der Waals surface area (Å²) in [5, 5.41) is 10.1. The molecule has 0 aromatic carbocycles. The first-order valence-corrected chi connectivity index (χ1v) is 1.04. The molecule has 0 unspecified atom stereocenters. The fourth-order valence-electron chi connectivity index (χ4n) is 0. The van der Waals surface area contributed by atoms with Crippen LogP contribution in [0.3, 0.4) is 0 Å². The summed E-state index contributed by atoms with van der Waals surface area (Å²) in [6.45, 7) is 1.64. The van der Waals surface area contributed by atoms with Gasteiger partial charge in [0.25, 0.3) is 0 Å². The Morgan fingerprint density at radius 3 is 2.20 bits per heavy atom. The van der Waals surface area contributed by atoms with Crippen LogP contribution in [0, 0.1) is 0 Å². The van der Waals surface area contributed by atoms with Crippen LogP contribution >= 0.6 is 0 Å². The molecule has 0 heterocycles. The molecule has 2 nitrogen and oxygen atoms in total. The zero-order valence-electron chi connectivity index (χ0n) is 4.47. The van der Waals surface area contributed by atoms with Gasteiger partial charge in [0.15, 0.2) is 0 Å². The molecule has 26 valence electrons. The van der Waals surface area contributed by atoms with E-state index in [1.165, 1.54) is 6.21 Å². The molecule has 0 aliphatic heterocycles. The van der Waals surface area contributed by atoms with Crippen molar-refractivity contribution in [1.29, 1.82) is 0 Å². The summed E-state index contributed by atoms with van der Waals surface area (Å²) in [6, 6.07) is 0. The van der Waals surface area contributed by atoms with Crippen molar-refractivity contribution < 1.29 is 58.0 Å². The average molecular weight is 99.2 g/mol. The minimum Gasteiger partial charge on any atom is -1.00 e. The van der Waals surface area contributed by atoms with Gasteiger partial charge in [0.2, 0.25) is 0 Å². The molecular formula is C2H6KNO. The molecule has 0 rings (SSSR count). The predicted octanol–water partition coefficient (Wildman–Crippen LogP) is -2.42. The number of nitrogens with zero attached hydrogens (tertiary/aromatic N) is 1. The number of hydrogen-bond donors (Lipinski definition) is 1. The van der Waals surface area contributed by atoms with Gasteiger partial charge < -0.3 is 6.63 Å². The molecule has 1 N–H and O–H groups in total. The minimum absolute atomic E-state index is 0. The van der Waals surface area contributed by atoms with Crippen LogP contribution in [0.1, 0.15) is 8.35 Å². The quantitative estimate of drug-likeness (QED) is 0.156. The first-order chi connectivity index (χ1) is 1.91. The van der Waals surface area contributed by atoms with Crippen molar-refractivity contribution in [1.82, 2.24) is 0 Å². The largest absolute Gasteiger partial charge is 1.00 e. The van der Waals surface area contributed by atoms with E-state index >= 15 is 0 Å². The van der Waals surface area contributed by atoms with Crippen molar-refractivity contribution in [2.24, 2.45) is 5.16 Å². The van der Waals surface area contributed by atoms with Crippen LogP contribution < -0.4 is 51.4 Å². The fraction of sp³-hybridized carbons (Fsp3) is 0.500. The summed E-state index contributed by atoms with van der Waals surface area (Å²) in [6.07, 6.45) is 1.31. The van der Waals surface area contributed by atoms with Crippen LogP contribution in [0.5, 0.6) is 0 Å². The van der Waals surface area contributed by atoms with E-state index in [1.807, 2.05) is 0 Å². The first-order valence-electron chi connectivity index (χ1n) is 1.04. The maximum absolute atomic E-state index is 7.44. The number of oxime groups is 1. The zero-order chi connectivity index (χ0) is 3.41. The molecule has 3 heteroatoms. The molecule has 5 heavy (non-hydrogen) atoms. The molecule has 0 spiro atoms. The van der Waals surface area contributed by atoms with E-state index in [0.717, 1.165) is 0 Å². The Kier molecular flexibility index (Phi) is 16.9. The average Bonchev–Trinajstić information content (AvgIpc) is 1.37. The van der Waals surface area contributed by atoms with Crippen LogP contribution in [-0.2, 0) is 0 Å². The Bertz CT molecular complexity index is 28.7. The van der Waals surface area contributed by atoms with Gasteiger partial charge in [-0.15, -0.1) is 5.16 Å². The van der Waals surface area contributed by atoms with Gasteiger partial charge in [0.1, 0.15) is 0 Å². The van der Waals surface area contributed by atoms with Crippen molar-refractivity contribution >= 4 is 6.21 Å². The molecule has 0 aromatic rings. The third-order valence-electron chi connectivity index (χ3n) is 0.115. The summed E-state index contributed by atoms with van der Waals surface area (Å²) >= 11 is 0. The van der Waals surface area contributed by atoms with Gasteiger partial charge in [-0.05, 0) is 6.92 Å². The summed E-state index contributed by atoms with van der Waals surface area (Å²) in [5.41, 5.74) is 0. The Morgan fingerprint density at radius 1 is 2.00 bits per heavy atom. The topological polar surface area (TPSA) is 32.6 Å². The Balaban J connectivity index is -0.0000000450. The molecule has 0 atom stereocenters. The van der Waals surface area contributed by atoms with Gasteiger partial charge in [0, 0.05) is 6.21 Å². The Morgan fingerprint density at radius 2 is 2.20 bits per heavy atom. The molecule has 0 fully saturated rings. The SMILES string of the molecule is C/C=N/O.[H-].[K+]. The van der Waals surface area contributed by atoms with Crippen LogP contribution in [0.2, 0.25) is 0 Å². The zero-order valence-corrected chi connectivity index (χ0v) is 6.59. The molecule has 0 amide bonds. The van der Waals surface area contributed by atoms with Crippen molar-refractivity contribution in [3.8, 4) is 0 Å². The second-order valence-corrected chi connectivity index (χ2v) is 0.374. The van der Waals surface area contributed by atoms with Gasteiger partial charge in [-0.2, -0.15) is 0 Å². The molecule has 0 saturated heterocycles. The predicted molar refractivity (Wildman–Crippen MR) is 17.1 cm³/mol. The first kappa shape index (κ1) is 9.44. The van der Waals surface area contributed by atoms with Crippen LogP contribution in [0.4, 0.5) is 0 Å². The molecule has 0 aromatic heterocycles. The molecule has 0 aliphatic carbocycles.